The summed E-state index contributed by atoms with van der Waals surface area (Å²) in [6.07, 6.45) is 2.50. The molecule has 0 unspecified atom stereocenters. The van der Waals surface area contributed by atoms with Crippen molar-refractivity contribution in [3.8, 4) is 0 Å². The number of carbonyl (C=O) groups is 3. The Morgan fingerprint density at radius 3 is 2.25 bits per heavy atom. The zero-order valence-corrected chi connectivity index (χ0v) is 18.9. The molecule has 3 amide bonds. The van der Waals surface area contributed by atoms with Crippen molar-refractivity contribution < 1.29 is 22.8 Å². The smallest absolute Gasteiger partial charge is 0.289 e. The fourth-order valence-electron chi connectivity index (χ4n) is 3.22. The molecule has 4 rings (SSSR count). The Hall–Kier alpha value is -2.69. The first kappa shape index (κ1) is 22.5. The molecule has 2 fully saturated rings. The topological polar surface area (TPSA) is 113 Å². The van der Waals surface area contributed by atoms with Gasteiger partial charge < -0.3 is 5.32 Å². The summed E-state index contributed by atoms with van der Waals surface area (Å²) in [6, 6.07) is 13.6. The normalized spacial score (nSPS) is 16.4. The van der Waals surface area contributed by atoms with Crippen molar-refractivity contribution in [1.82, 2.24) is 9.62 Å². The molecule has 1 saturated carbocycles. The van der Waals surface area contributed by atoms with E-state index >= 15 is 0 Å². The molecule has 10 heteroatoms. The van der Waals surface area contributed by atoms with Gasteiger partial charge in [0, 0.05) is 18.2 Å². The van der Waals surface area contributed by atoms with E-state index in [0.29, 0.717) is 12.1 Å². The molecule has 2 aliphatic rings. The number of aryl methyl sites for hydroxylation is 1. The first-order valence-corrected chi connectivity index (χ1v) is 12.7. The zero-order valence-electron chi connectivity index (χ0n) is 17.2. The van der Waals surface area contributed by atoms with E-state index in [0.717, 1.165) is 35.7 Å². The number of thioether (sulfide) groups is 1. The predicted molar refractivity (Wildman–Crippen MR) is 122 cm³/mol. The van der Waals surface area contributed by atoms with Crippen LogP contribution in [0.3, 0.4) is 0 Å². The second-order valence-corrected chi connectivity index (χ2v) is 10.5. The second kappa shape index (κ2) is 9.43. The van der Waals surface area contributed by atoms with E-state index in [2.05, 4.69) is 10.0 Å². The van der Waals surface area contributed by atoms with Gasteiger partial charge in [-0.05, 0) is 54.7 Å². The first-order valence-electron chi connectivity index (χ1n) is 10.3. The van der Waals surface area contributed by atoms with Gasteiger partial charge >= 0.3 is 0 Å². The zero-order chi connectivity index (χ0) is 22.7. The molecule has 2 aromatic carbocycles. The summed E-state index contributed by atoms with van der Waals surface area (Å²) in [6.45, 7) is 0.223. The Labute approximate surface area is 190 Å². The molecule has 0 spiro atoms. The molecule has 0 bridgehead atoms. The molecule has 32 heavy (non-hydrogen) atoms. The van der Waals surface area contributed by atoms with Crippen LogP contribution in [0.15, 0.2) is 53.4 Å². The molecular formula is C22H23N3O5S2. The molecule has 2 aromatic rings. The van der Waals surface area contributed by atoms with Crippen molar-refractivity contribution in [3.63, 3.8) is 0 Å². The SMILES string of the molecule is O=C(CCc1ccc(S(=O)(=O)NC2CC2)cc1)Nc1ccc(CN2C(=O)CSC2=O)cc1. The van der Waals surface area contributed by atoms with Crippen LogP contribution in [0.2, 0.25) is 0 Å². The molecule has 8 nitrogen and oxygen atoms in total. The van der Waals surface area contributed by atoms with Gasteiger partial charge in [-0.1, -0.05) is 36.0 Å². The lowest BCUT2D eigenvalue weighted by Gasteiger charge is -2.13. The molecule has 1 heterocycles. The molecular weight excluding hydrogens is 450 g/mol. The van der Waals surface area contributed by atoms with Gasteiger partial charge in [0.25, 0.3) is 5.24 Å². The Morgan fingerprint density at radius 1 is 1.00 bits per heavy atom. The Balaban J connectivity index is 1.25. The lowest BCUT2D eigenvalue weighted by Crippen LogP contribution is -2.27. The summed E-state index contributed by atoms with van der Waals surface area (Å²) in [7, 11) is -3.47. The van der Waals surface area contributed by atoms with Crippen LogP contribution in [0.5, 0.6) is 0 Å². The first-order chi connectivity index (χ1) is 15.3. The highest BCUT2D eigenvalue weighted by molar-refractivity contribution is 8.14. The molecule has 0 radical (unpaired) electrons. The van der Waals surface area contributed by atoms with Gasteiger partial charge in [-0.3, -0.25) is 19.3 Å². The monoisotopic (exact) mass is 473 g/mol. The maximum absolute atomic E-state index is 12.3. The van der Waals surface area contributed by atoms with E-state index in [1.54, 1.807) is 48.5 Å². The number of nitrogens with zero attached hydrogens (tertiary/aromatic N) is 1. The Morgan fingerprint density at radius 2 is 1.66 bits per heavy atom. The number of rotatable bonds is 9. The van der Waals surface area contributed by atoms with Crippen molar-refractivity contribution >= 4 is 44.5 Å². The Kier molecular flexibility index (Phi) is 6.63. The quantitative estimate of drug-likeness (QED) is 0.579. The predicted octanol–water partition coefficient (Wildman–Crippen LogP) is 2.89. The van der Waals surface area contributed by atoms with Crippen molar-refractivity contribution in [1.29, 1.82) is 0 Å². The van der Waals surface area contributed by atoms with Gasteiger partial charge in [0.1, 0.15) is 0 Å². The van der Waals surface area contributed by atoms with Crippen LogP contribution in [-0.4, -0.2) is 42.2 Å². The minimum Gasteiger partial charge on any atom is -0.326 e. The highest BCUT2D eigenvalue weighted by atomic mass is 32.2. The fourth-order valence-corrected chi connectivity index (χ4v) is 5.25. The van der Waals surface area contributed by atoms with Gasteiger partial charge in [0.05, 0.1) is 17.2 Å². The van der Waals surface area contributed by atoms with E-state index in [1.165, 1.54) is 4.90 Å². The molecule has 168 valence electrons. The number of amides is 3. The van der Waals surface area contributed by atoms with E-state index in [4.69, 9.17) is 0 Å². The van der Waals surface area contributed by atoms with Crippen molar-refractivity contribution in [2.45, 2.75) is 43.2 Å². The maximum Gasteiger partial charge on any atom is 0.289 e. The number of benzene rings is 2. The Bertz CT molecular complexity index is 1110. The van der Waals surface area contributed by atoms with Crippen LogP contribution in [-0.2, 0) is 32.6 Å². The largest absolute Gasteiger partial charge is 0.326 e. The second-order valence-electron chi connectivity index (χ2n) is 7.82. The molecule has 1 aliphatic heterocycles. The molecule has 0 aromatic heterocycles. The molecule has 0 atom stereocenters. The number of hydrogen-bond donors (Lipinski definition) is 2. The van der Waals surface area contributed by atoms with Crippen LogP contribution in [0.25, 0.3) is 0 Å². The van der Waals surface area contributed by atoms with E-state index in [1.807, 2.05) is 0 Å². The highest BCUT2D eigenvalue weighted by Crippen LogP contribution is 2.23. The maximum atomic E-state index is 12.3. The van der Waals surface area contributed by atoms with Gasteiger partial charge in [0.2, 0.25) is 21.8 Å². The molecule has 1 saturated heterocycles. The molecule has 1 aliphatic carbocycles. The highest BCUT2D eigenvalue weighted by Gasteiger charge is 2.30. The third kappa shape index (κ3) is 5.76. The van der Waals surface area contributed by atoms with E-state index in [9.17, 15) is 22.8 Å². The van der Waals surface area contributed by atoms with Crippen molar-refractivity contribution in [2.24, 2.45) is 0 Å². The molecule has 2 N–H and O–H groups in total. The summed E-state index contributed by atoms with van der Waals surface area (Å²) < 4.78 is 27.0. The van der Waals surface area contributed by atoms with Crippen LogP contribution in [0.1, 0.15) is 30.4 Å². The van der Waals surface area contributed by atoms with Crippen LogP contribution >= 0.6 is 11.8 Å². The number of hydrogen-bond acceptors (Lipinski definition) is 6. The summed E-state index contributed by atoms with van der Waals surface area (Å²) in [5.41, 5.74) is 2.30. The van der Waals surface area contributed by atoms with Crippen LogP contribution < -0.4 is 10.0 Å². The number of carbonyl (C=O) groups excluding carboxylic acids is 3. The average molecular weight is 474 g/mol. The summed E-state index contributed by atoms with van der Waals surface area (Å²) >= 11 is 1.00. The van der Waals surface area contributed by atoms with Crippen molar-refractivity contribution in [3.05, 3.63) is 59.7 Å². The number of anilines is 1. The summed E-state index contributed by atoms with van der Waals surface area (Å²) in [5.74, 6) is -0.170. The minimum absolute atomic E-state index is 0.0571. The number of nitrogens with one attached hydrogen (secondary N) is 2. The van der Waals surface area contributed by atoms with Crippen LogP contribution in [0, 0.1) is 0 Å². The number of sulfonamides is 1. The van der Waals surface area contributed by atoms with E-state index in [-0.39, 0.29) is 46.7 Å². The third-order valence-electron chi connectivity index (χ3n) is 5.19. The van der Waals surface area contributed by atoms with Gasteiger partial charge in [-0.2, -0.15) is 0 Å². The van der Waals surface area contributed by atoms with Crippen LogP contribution in [0.4, 0.5) is 10.5 Å². The standard InChI is InChI=1S/C22H23N3O5S2/c26-20(12-5-15-3-10-19(11-4-15)32(29,30)24-18-8-9-18)23-17-6-1-16(2-7-17)13-25-21(27)14-31-22(25)28/h1-4,6-7,10-11,18,24H,5,8-9,12-14H2,(H,23,26). The average Bonchev–Trinajstić information content (AvgIpc) is 3.53. The van der Waals surface area contributed by atoms with Gasteiger partial charge in [0.15, 0.2) is 0 Å². The minimum atomic E-state index is -3.47. The van der Waals surface area contributed by atoms with Gasteiger partial charge in [-0.15, -0.1) is 0 Å². The van der Waals surface area contributed by atoms with E-state index < -0.39 is 10.0 Å². The summed E-state index contributed by atoms with van der Waals surface area (Å²) in [4.78, 5) is 37.1. The van der Waals surface area contributed by atoms with Gasteiger partial charge in [-0.25, -0.2) is 13.1 Å². The van der Waals surface area contributed by atoms with Crippen molar-refractivity contribution in [2.75, 3.05) is 11.1 Å². The fraction of sp³-hybridized carbons (Fsp3) is 0.318. The third-order valence-corrected chi connectivity index (χ3v) is 7.59. The lowest BCUT2D eigenvalue weighted by molar-refractivity contribution is -0.125. The lowest BCUT2D eigenvalue weighted by atomic mass is 10.1. The summed E-state index contributed by atoms with van der Waals surface area (Å²) in [5, 5.41) is 2.58. The number of imide groups is 1.